The molecule has 0 aromatic heterocycles. The second-order valence-corrected chi connectivity index (χ2v) is 8.30. The Morgan fingerprint density at radius 1 is 1.04 bits per heavy atom. The second-order valence-electron chi connectivity index (χ2n) is 8.30. The Morgan fingerprint density at radius 2 is 1.85 bits per heavy atom. The summed E-state index contributed by atoms with van der Waals surface area (Å²) in [5.74, 6) is 1.65. The van der Waals surface area contributed by atoms with Crippen molar-refractivity contribution in [1.29, 1.82) is 0 Å². The number of nitrogens with one attached hydrogen (secondary N) is 1. The summed E-state index contributed by atoms with van der Waals surface area (Å²) < 4.78 is 6.71. The summed E-state index contributed by atoms with van der Waals surface area (Å²) in [5, 5.41) is 13.5. The standard InChI is InChI=1S/C23H28N2O2/c26-19-5-3-4-17(14-19)21-16-23(8-10-24-11-9-23)27-22-15-18(6-7-20(21)22)25-12-1-2-13-25/h3-7,14-15,21,24,26H,1-2,8-13,16H2. The maximum Gasteiger partial charge on any atom is 0.126 e. The summed E-state index contributed by atoms with van der Waals surface area (Å²) in [6.07, 6.45) is 5.61. The van der Waals surface area contributed by atoms with Gasteiger partial charge in [-0.15, -0.1) is 0 Å². The van der Waals surface area contributed by atoms with Crippen LogP contribution in [0.2, 0.25) is 0 Å². The molecule has 0 radical (unpaired) electrons. The van der Waals surface area contributed by atoms with E-state index >= 15 is 0 Å². The third-order valence-electron chi connectivity index (χ3n) is 6.53. The van der Waals surface area contributed by atoms with Crippen LogP contribution in [-0.4, -0.2) is 36.9 Å². The van der Waals surface area contributed by atoms with E-state index in [-0.39, 0.29) is 11.5 Å². The van der Waals surface area contributed by atoms with Crippen molar-refractivity contribution < 1.29 is 9.84 Å². The van der Waals surface area contributed by atoms with Gasteiger partial charge in [0.05, 0.1) is 0 Å². The van der Waals surface area contributed by atoms with Crippen molar-refractivity contribution in [3.63, 3.8) is 0 Å². The normalized spacial score (nSPS) is 23.9. The third kappa shape index (κ3) is 3.16. The molecule has 0 saturated carbocycles. The fourth-order valence-corrected chi connectivity index (χ4v) is 5.06. The number of hydrogen-bond acceptors (Lipinski definition) is 4. The first-order valence-electron chi connectivity index (χ1n) is 10.3. The van der Waals surface area contributed by atoms with Crippen molar-refractivity contribution >= 4 is 5.69 Å². The molecule has 0 aliphatic carbocycles. The van der Waals surface area contributed by atoms with E-state index in [1.54, 1.807) is 6.07 Å². The predicted octanol–water partition coefficient (Wildman–Crippen LogP) is 4.03. The fourth-order valence-electron chi connectivity index (χ4n) is 5.06. The minimum atomic E-state index is -0.0992. The molecule has 2 aromatic carbocycles. The summed E-state index contributed by atoms with van der Waals surface area (Å²) in [6.45, 7) is 4.30. The van der Waals surface area contributed by atoms with Crippen LogP contribution in [0.15, 0.2) is 42.5 Å². The van der Waals surface area contributed by atoms with Crippen molar-refractivity contribution in [2.45, 2.75) is 43.6 Å². The van der Waals surface area contributed by atoms with Gasteiger partial charge in [-0.25, -0.2) is 0 Å². The van der Waals surface area contributed by atoms with Gasteiger partial charge in [0.2, 0.25) is 0 Å². The Balaban J connectivity index is 1.57. The average molecular weight is 364 g/mol. The summed E-state index contributed by atoms with van der Waals surface area (Å²) in [6, 6.07) is 14.5. The molecule has 1 unspecified atom stereocenters. The molecular formula is C23H28N2O2. The largest absolute Gasteiger partial charge is 0.508 e. The van der Waals surface area contributed by atoms with Crippen LogP contribution in [0.3, 0.4) is 0 Å². The van der Waals surface area contributed by atoms with Crippen LogP contribution < -0.4 is 15.0 Å². The van der Waals surface area contributed by atoms with E-state index in [4.69, 9.17) is 4.74 Å². The topological polar surface area (TPSA) is 44.7 Å². The summed E-state index contributed by atoms with van der Waals surface area (Å²) in [5.41, 5.74) is 3.63. The lowest BCUT2D eigenvalue weighted by Gasteiger charge is -2.45. The van der Waals surface area contributed by atoms with Gasteiger partial charge in [-0.2, -0.15) is 0 Å². The smallest absolute Gasteiger partial charge is 0.126 e. The molecule has 0 bridgehead atoms. The van der Waals surface area contributed by atoms with E-state index in [0.717, 1.165) is 51.2 Å². The van der Waals surface area contributed by atoms with Crippen molar-refractivity contribution in [2.75, 3.05) is 31.1 Å². The van der Waals surface area contributed by atoms with E-state index in [9.17, 15) is 5.11 Å². The lowest BCUT2D eigenvalue weighted by Crippen LogP contribution is -2.49. The van der Waals surface area contributed by atoms with Crippen LogP contribution in [0.25, 0.3) is 0 Å². The Bertz CT molecular complexity index is 823. The molecule has 1 atom stereocenters. The zero-order chi connectivity index (χ0) is 18.3. The lowest BCUT2D eigenvalue weighted by atomic mass is 9.75. The number of anilines is 1. The highest BCUT2D eigenvalue weighted by molar-refractivity contribution is 5.57. The van der Waals surface area contributed by atoms with Crippen LogP contribution in [0.5, 0.6) is 11.5 Å². The molecule has 142 valence electrons. The minimum absolute atomic E-state index is 0.0992. The highest BCUT2D eigenvalue weighted by Crippen LogP contribution is 2.48. The minimum Gasteiger partial charge on any atom is -0.508 e. The second kappa shape index (κ2) is 6.75. The number of benzene rings is 2. The molecule has 1 spiro atoms. The summed E-state index contributed by atoms with van der Waals surface area (Å²) in [7, 11) is 0. The van der Waals surface area contributed by atoms with Gasteiger partial charge in [-0.1, -0.05) is 18.2 Å². The molecule has 2 saturated heterocycles. The zero-order valence-electron chi connectivity index (χ0n) is 15.8. The monoisotopic (exact) mass is 364 g/mol. The maximum absolute atomic E-state index is 10.0. The Kier molecular flexibility index (Phi) is 4.24. The Hall–Kier alpha value is -2.20. The lowest BCUT2D eigenvalue weighted by molar-refractivity contribution is 0.0114. The Labute approximate surface area is 161 Å². The Morgan fingerprint density at radius 3 is 2.63 bits per heavy atom. The number of piperidine rings is 1. The number of nitrogens with zero attached hydrogens (tertiary/aromatic N) is 1. The van der Waals surface area contributed by atoms with Crippen LogP contribution in [0.4, 0.5) is 5.69 Å². The quantitative estimate of drug-likeness (QED) is 0.845. The maximum atomic E-state index is 10.0. The van der Waals surface area contributed by atoms with Gasteiger partial charge in [0.1, 0.15) is 17.1 Å². The number of fused-ring (bicyclic) bond motifs is 1. The van der Waals surface area contributed by atoms with E-state index in [0.29, 0.717) is 5.75 Å². The van der Waals surface area contributed by atoms with E-state index in [1.165, 1.54) is 29.7 Å². The van der Waals surface area contributed by atoms with Gasteiger partial charge in [0, 0.05) is 36.3 Å². The van der Waals surface area contributed by atoms with Crippen LogP contribution in [0.1, 0.15) is 49.1 Å². The summed E-state index contributed by atoms with van der Waals surface area (Å²) >= 11 is 0. The first-order valence-corrected chi connectivity index (χ1v) is 10.3. The molecule has 5 rings (SSSR count). The van der Waals surface area contributed by atoms with Crippen molar-refractivity contribution in [2.24, 2.45) is 0 Å². The van der Waals surface area contributed by atoms with Crippen molar-refractivity contribution in [3.8, 4) is 11.5 Å². The molecule has 3 aliphatic heterocycles. The van der Waals surface area contributed by atoms with Crippen molar-refractivity contribution in [3.05, 3.63) is 53.6 Å². The van der Waals surface area contributed by atoms with Gasteiger partial charge in [-0.3, -0.25) is 0 Å². The number of hydrogen-bond donors (Lipinski definition) is 2. The van der Waals surface area contributed by atoms with Gasteiger partial charge in [0.25, 0.3) is 0 Å². The average Bonchev–Trinajstić information content (AvgIpc) is 3.22. The highest BCUT2D eigenvalue weighted by Gasteiger charge is 2.42. The van der Waals surface area contributed by atoms with Gasteiger partial charge >= 0.3 is 0 Å². The SMILES string of the molecule is Oc1cccc(C2CC3(CCNCC3)Oc3cc(N4CCCC4)ccc32)c1. The van der Waals surface area contributed by atoms with E-state index in [1.807, 2.05) is 12.1 Å². The number of phenols is 1. The van der Waals surface area contributed by atoms with Crippen LogP contribution in [-0.2, 0) is 0 Å². The van der Waals surface area contributed by atoms with E-state index < -0.39 is 0 Å². The van der Waals surface area contributed by atoms with Crippen LogP contribution in [0, 0.1) is 0 Å². The van der Waals surface area contributed by atoms with Gasteiger partial charge in [-0.05, 0) is 69.0 Å². The molecule has 3 heterocycles. The zero-order valence-corrected chi connectivity index (χ0v) is 15.8. The molecule has 3 aliphatic rings. The molecule has 27 heavy (non-hydrogen) atoms. The van der Waals surface area contributed by atoms with Gasteiger partial charge < -0.3 is 20.1 Å². The number of rotatable bonds is 2. The first-order chi connectivity index (χ1) is 13.2. The van der Waals surface area contributed by atoms with Crippen LogP contribution >= 0.6 is 0 Å². The number of phenolic OH excluding ortho intramolecular Hbond substituents is 1. The number of ether oxygens (including phenoxy) is 1. The fraction of sp³-hybridized carbons (Fsp3) is 0.478. The van der Waals surface area contributed by atoms with Gasteiger partial charge in [0.15, 0.2) is 0 Å². The molecule has 4 heteroatoms. The molecular weight excluding hydrogens is 336 g/mol. The number of aromatic hydroxyl groups is 1. The third-order valence-corrected chi connectivity index (χ3v) is 6.53. The predicted molar refractivity (Wildman–Crippen MR) is 108 cm³/mol. The molecule has 2 N–H and O–H groups in total. The highest BCUT2D eigenvalue weighted by atomic mass is 16.5. The van der Waals surface area contributed by atoms with Crippen molar-refractivity contribution in [1.82, 2.24) is 5.32 Å². The molecule has 2 aromatic rings. The molecule has 2 fully saturated rings. The molecule has 4 nitrogen and oxygen atoms in total. The summed E-state index contributed by atoms with van der Waals surface area (Å²) in [4.78, 5) is 2.47. The first kappa shape index (κ1) is 16.9. The molecule has 0 amide bonds. The van der Waals surface area contributed by atoms with E-state index in [2.05, 4.69) is 34.5 Å².